The number of rotatable bonds is 6. The van der Waals surface area contributed by atoms with Crippen LogP contribution in [-0.2, 0) is 16.1 Å². The fraction of sp³-hybridized carbons (Fsp3) is 0.619. The summed E-state index contributed by atoms with van der Waals surface area (Å²) in [7, 11) is 3.23. The van der Waals surface area contributed by atoms with E-state index in [1.54, 1.807) is 14.2 Å². The average molecular weight is 389 g/mol. The molecule has 1 N–H and O–H groups in total. The van der Waals surface area contributed by atoms with Gasteiger partial charge in [0.25, 0.3) is 0 Å². The highest BCUT2D eigenvalue weighted by Gasteiger charge is 2.33. The van der Waals surface area contributed by atoms with Crippen molar-refractivity contribution in [2.75, 3.05) is 40.4 Å². The Hall–Kier alpha value is -2.28. The summed E-state index contributed by atoms with van der Waals surface area (Å²) in [6.07, 6.45) is 4.67. The number of amides is 2. The van der Waals surface area contributed by atoms with E-state index in [2.05, 4.69) is 10.2 Å². The normalized spacial score (nSPS) is 21.0. The van der Waals surface area contributed by atoms with Crippen LogP contribution in [0.15, 0.2) is 18.2 Å². The molecule has 0 aliphatic carbocycles. The number of para-hydroxylation sites is 1. The van der Waals surface area contributed by atoms with Gasteiger partial charge in [0.15, 0.2) is 11.5 Å². The third kappa shape index (κ3) is 4.76. The van der Waals surface area contributed by atoms with Crippen LogP contribution in [0.5, 0.6) is 11.5 Å². The number of carbonyl (C=O) groups is 2. The predicted molar refractivity (Wildman–Crippen MR) is 106 cm³/mol. The van der Waals surface area contributed by atoms with Crippen LogP contribution in [0.25, 0.3) is 0 Å². The molecule has 0 unspecified atom stereocenters. The molecule has 2 amide bonds. The Bertz CT molecular complexity index is 686. The van der Waals surface area contributed by atoms with Crippen molar-refractivity contribution >= 4 is 11.8 Å². The molecule has 2 aliphatic heterocycles. The Morgan fingerprint density at radius 1 is 1.11 bits per heavy atom. The number of nitrogens with one attached hydrogen (secondary N) is 1. The molecule has 1 aromatic carbocycles. The third-order valence-corrected chi connectivity index (χ3v) is 5.63. The summed E-state index contributed by atoms with van der Waals surface area (Å²) in [5, 5.41) is 2.91. The van der Waals surface area contributed by atoms with Gasteiger partial charge in [-0.3, -0.25) is 14.5 Å². The molecule has 154 valence electrons. The first kappa shape index (κ1) is 20.5. The Kier molecular flexibility index (Phi) is 7.14. The smallest absolute Gasteiger partial charge is 0.237 e. The van der Waals surface area contributed by atoms with Gasteiger partial charge in [-0.1, -0.05) is 25.0 Å². The summed E-state index contributed by atoms with van der Waals surface area (Å²) in [5.74, 6) is 1.34. The molecule has 1 atom stereocenters. The zero-order valence-electron chi connectivity index (χ0n) is 16.9. The van der Waals surface area contributed by atoms with Crippen LogP contribution in [0.3, 0.4) is 0 Å². The Balaban J connectivity index is 1.74. The molecule has 1 aromatic rings. The van der Waals surface area contributed by atoms with Gasteiger partial charge in [-0.2, -0.15) is 0 Å². The SMILES string of the molecule is COc1cccc(CN2CCNC(=O)[C@H]2CC(=O)N2CCCCCC2)c1OC. The van der Waals surface area contributed by atoms with Gasteiger partial charge in [-0.15, -0.1) is 0 Å². The molecule has 0 bridgehead atoms. The second-order valence-corrected chi connectivity index (χ2v) is 7.43. The van der Waals surface area contributed by atoms with Crippen LogP contribution < -0.4 is 14.8 Å². The summed E-state index contributed by atoms with van der Waals surface area (Å²) in [6.45, 7) is 3.42. The molecule has 2 heterocycles. The minimum Gasteiger partial charge on any atom is -0.493 e. The minimum atomic E-state index is -0.458. The summed E-state index contributed by atoms with van der Waals surface area (Å²) >= 11 is 0. The highest BCUT2D eigenvalue weighted by molar-refractivity contribution is 5.88. The Labute approximate surface area is 167 Å². The van der Waals surface area contributed by atoms with Crippen LogP contribution >= 0.6 is 0 Å². The number of hydrogen-bond donors (Lipinski definition) is 1. The molecule has 0 saturated carbocycles. The van der Waals surface area contributed by atoms with E-state index in [1.165, 1.54) is 12.8 Å². The second kappa shape index (κ2) is 9.78. The molecule has 0 aromatic heterocycles. The number of piperazine rings is 1. The molecule has 7 heteroatoms. The molecule has 0 radical (unpaired) electrons. The zero-order valence-corrected chi connectivity index (χ0v) is 16.9. The van der Waals surface area contributed by atoms with Crippen molar-refractivity contribution in [2.24, 2.45) is 0 Å². The number of ether oxygens (including phenoxy) is 2. The second-order valence-electron chi connectivity index (χ2n) is 7.43. The highest BCUT2D eigenvalue weighted by Crippen LogP contribution is 2.32. The van der Waals surface area contributed by atoms with E-state index < -0.39 is 6.04 Å². The van der Waals surface area contributed by atoms with E-state index in [-0.39, 0.29) is 18.2 Å². The van der Waals surface area contributed by atoms with E-state index >= 15 is 0 Å². The van der Waals surface area contributed by atoms with Gasteiger partial charge < -0.3 is 19.7 Å². The topological polar surface area (TPSA) is 71.1 Å². The summed E-state index contributed by atoms with van der Waals surface area (Å²) < 4.78 is 10.9. The lowest BCUT2D eigenvalue weighted by Crippen LogP contribution is -2.56. The molecule has 7 nitrogen and oxygen atoms in total. The predicted octanol–water partition coefficient (Wildman–Crippen LogP) is 1.80. The van der Waals surface area contributed by atoms with Gasteiger partial charge in [-0.05, 0) is 18.9 Å². The highest BCUT2D eigenvalue weighted by atomic mass is 16.5. The standard InChI is InChI=1S/C21H31N3O4/c1-27-18-9-7-8-16(20(18)28-2)15-24-13-10-22-21(26)17(24)14-19(25)23-11-5-3-4-6-12-23/h7-9,17H,3-6,10-15H2,1-2H3,(H,22,26)/t17-/m1/s1. The largest absolute Gasteiger partial charge is 0.493 e. The first-order chi connectivity index (χ1) is 13.6. The van der Waals surface area contributed by atoms with Crippen molar-refractivity contribution in [1.29, 1.82) is 0 Å². The molecular weight excluding hydrogens is 358 g/mol. The van der Waals surface area contributed by atoms with Gasteiger partial charge in [0.2, 0.25) is 11.8 Å². The van der Waals surface area contributed by atoms with Crippen LogP contribution in [0, 0.1) is 0 Å². The maximum atomic E-state index is 12.9. The van der Waals surface area contributed by atoms with Crippen LogP contribution in [0.1, 0.15) is 37.7 Å². The number of methoxy groups -OCH3 is 2. The molecular formula is C21H31N3O4. The first-order valence-corrected chi connectivity index (χ1v) is 10.1. The fourth-order valence-electron chi connectivity index (χ4n) is 4.08. The Morgan fingerprint density at radius 3 is 2.54 bits per heavy atom. The molecule has 28 heavy (non-hydrogen) atoms. The van der Waals surface area contributed by atoms with Crippen molar-refractivity contribution in [3.63, 3.8) is 0 Å². The van der Waals surface area contributed by atoms with Crippen molar-refractivity contribution in [3.05, 3.63) is 23.8 Å². The number of nitrogens with zero attached hydrogens (tertiary/aromatic N) is 2. The van der Waals surface area contributed by atoms with Gasteiger partial charge in [-0.25, -0.2) is 0 Å². The molecule has 0 spiro atoms. The quantitative estimate of drug-likeness (QED) is 0.803. The molecule has 2 saturated heterocycles. The van der Waals surface area contributed by atoms with E-state index in [0.717, 1.165) is 31.5 Å². The lowest BCUT2D eigenvalue weighted by atomic mass is 10.1. The monoisotopic (exact) mass is 389 g/mol. The van der Waals surface area contributed by atoms with Crippen LogP contribution in [-0.4, -0.2) is 68.1 Å². The average Bonchev–Trinajstić information content (AvgIpc) is 3.00. The summed E-state index contributed by atoms with van der Waals surface area (Å²) in [5.41, 5.74) is 0.948. The lowest BCUT2D eigenvalue weighted by molar-refractivity contribution is -0.139. The van der Waals surface area contributed by atoms with Crippen molar-refractivity contribution in [3.8, 4) is 11.5 Å². The van der Waals surface area contributed by atoms with Crippen molar-refractivity contribution in [2.45, 2.75) is 44.7 Å². The summed E-state index contributed by atoms with van der Waals surface area (Å²) in [6, 6.07) is 5.28. The van der Waals surface area contributed by atoms with E-state index in [0.29, 0.717) is 31.1 Å². The zero-order chi connectivity index (χ0) is 19.9. The maximum absolute atomic E-state index is 12.9. The first-order valence-electron chi connectivity index (χ1n) is 10.1. The number of benzene rings is 1. The van der Waals surface area contributed by atoms with Crippen LogP contribution in [0.4, 0.5) is 0 Å². The number of likely N-dealkylation sites (tertiary alicyclic amines) is 1. The molecule has 3 rings (SSSR count). The van der Waals surface area contributed by atoms with Gasteiger partial charge >= 0.3 is 0 Å². The van der Waals surface area contributed by atoms with E-state index in [4.69, 9.17) is 9.47 Å². The Morgan fingerprint density at radius 2 is 1.86 bits per heavy atom. The molecule has 2 aliphatic rings. The third-order valence-electron chi connectivity index (χ3n) is 5.63. The van der Waals surface area contributed by atoms with Crippen molar-refractivity contribution < 1.29 is 19.1 Å². The van der Waals surface area contributed by atoms with Gasteiger partial charge in [0.1, 0.15) is 0 Å². The number of hydrogen-bond acceptors (Lipinski definition) is 5. The minimum absolute atomic E-state index is 0.0729. The maximum Gasteiger partial charge on any atom is 0.237 e. The number of carbonyl (C=O) groups excluding carboxylic acids is 2. The fourth-order valence-corrected chi connectivity index (χ4v) is 4.08. The van der Waals surface area contributed by atoms with E-state index in [9.17, 15) is 9.59 Å². The van der Waals surface area contributed by atoms with Gasteiger partial charge in [0.05, 0.1) is 26.7 Å². The summed E-state index contributed by atoms with van der Waals surface area (Å²) in [4.78, 5) is 29.4. The molecule has 2 fully saturated rings. The van der Waals surface area contributed by atoms with Gasteiger partial charge in [0, 0.05) is 38.3 Å². The van der Waals surface area contributed by atoms with Crippen molar-refractivity contribution in [1.82, 2.24) is 15.1 Å². The van der Waals surface area contributed by atoms with E-state index in [1.807, 2.05) is 23.1 Å². The lowest BCUT2D eigenvalue weighted by Gasteiger charge is -2.36. The van der Waals surface area contributed by atoms with Crippen LogP contribution in [0.2, 0.25) is 0 Å².